The third-order valence-corrected chi connectivity index (χ3v) is 4.99. The number of hydrogen-bond acceptors (Lipinski definition) is 3. The average Bonchev–Trinajstić information content (AvgIpc) is 3.09. The summed E-state index contributed by atoms with van der Waals surface area (Å²) in [6, 6.07) is 9.31. The molecule has 2 aliphatic rings. The van der Waals surface area contributed by atoms with Crippen molar-refractivity contribution in [3.63, 3.8) is 0 Å². The standard InChI is InChI=1S/C17H23N3O2/c18-16-12-7-6-11(10-12)15(16)17(22)19-9-8-14(21)20-13-4-2-1-3-5-13/h1-5,11-12,15-16H,6-10,18H2,(H,19,22)(H,20,21). The fraction of sp³-hybridized carbons (Fsp3) is 0.529. The van der Waals surface area contributed by atoms with Crippen molar-refractivity contribution in [2.75, 3.05) is 11.9 Å². The lowest BCUT2D eigenvalue weighted by atomic mass is 9.84. The molecule has 2 fully saturated rings. The Bertz CT molecular complexity index is 544. The first-order chi connectivity index (χ1) is 10.6. The van der Waals surface area contributed by atoms with Crippen LogP contribution in [0.2, 0.25) is 0 Å². The van der Waals surface area contributed by atoms with Gasteiger partial charge in [-0.15, -0.1) is 0 Å². The van der Waals surface area contributed by atoms with Crippen molar-refractivity contribution in [2.24, 2.45) is 23.5 Å². The molecule has 22 heavy (non-hydrogen) atoms. The number of hydrogen-bond donors (Lipinski definition) is 3. The molecule has 1 aromatic rings. The molecule has 4 N–H and O–H groups in total. The van der Waals surface area contributed by atoms with E-state index in [0.717, 1.165) is 24.9 Å². The summed E-state index contributed by atoms with van der Waals surface area (Å²) in [5, 5.41) is 5.68. The quantitative estimate of drug-likeness (QED) is 0.770. The summed E-state index contributed by atoms with van der Waals surface area (Å²) in [6.45, 7) is 0.359. The van der Waals surface area contributed by atoms with Crippen molar-refractivity contribution in [1.29, 1.82) is 0 Å². The highest BCUT2D eigenvalue weighted by atomic mass is 16.2. The Morgan fingerprint density at radius 1 is 1.14 bits per heavy atom. The van der Waals surface area contributed by atoms with Gasteiger partial charge in [0.1, 0.15) is 0 Å². The van der Waals surface area contributed by atoms with Gasteiger partial charge in [-0.2, -0.15) is 0 Å². The maximum absolute atomic E-state index is 12.3. The fourth-order valence-electron chi connectivity index (χ4n) is 3.89. The van der Waals surface area contributed by atoms with Crippen LogP contribution in [0.15, 0.2) is 30.3 Å². The summed E-state index contributed by atoms with van der Waals surface area (Å²) in [5.74, 6) is 0.826. The van der Waals surface area contributed by atoms with Gasteiger partial charge in [0, 0.05) is 24.7 Å². The lowest BCUT2D eigenvalue weighted by molar-refractivity contribution is -0.127. The number of nitrogens with two attached hydrogens (primary N) is 1. The van der Waals surface area contributed by atoms with Gasteiger partial charge in [0.25, 0.3) is 0 Å². The molecule has 3 rings (SSSR count). The van der Waals surface area contributed by atoms with E-state index in [2.05, 4.69) is 10.6 Å². The van der Waals surface area contributed by atoms with Crippen LogP contribution in [0.25, 0.3) is 0 Å². The molecule has 0 aromatic heterocycles. The second-order valence-electron chi connectivity index (χ2n) is 6.39. The average molecular weight is 301 g/mol. The van der Waals surface area contributed by atoms with Crippen molar-refractivity contribution < 1.29 is 9.59 Å². The summed E-state index contributed by atoms with van der Waals surface area (Å²) in [5.41, 5.74) is 6.93. The van der Waals surface area contributed by atoms with E-state index in [1.807, 2.05) is 30.3 Å². The SMILES string of the molecule is NC1C2CCC(C2)C1C(=O)NCCC(=O)Nc1ccccc1. The molecule has 0 aliphatic heterocycles. The number of fused-ring (bicyclic) bond motifs is 2. The number of rotatable bonds is 5. The van der Waals surface area contributed by atoms with E-state index in [1.165, 1.54) is 0 Å². The second-order valence-corrected chi connectivity index (χ2v) is 6.39. The molecular formula is C17H23N3O2. The number of para-hydroxylation sites is 1. The zero-order chi connectivity index (χ0) is 15.5. The number of amides is 2. The maximum atomic E-state index is 12.3. The van der Waals surface area contributed by atoms with Crippen LogP contribution in [0.1, 0.15) is 25.7 Å². The van der Waals surface area contributed by atoms with Crippen molar-refractivity contribution in [2.45, 2.75) is 31.7 Å². The van der Waals surface area contributed by atoms with E-state index in [-0.39, 0.29) is 30.2 Å². The first kappa shape index (κ1) is 15.0. The molecule has 2 saturated carbocycles. The molecule has 0 heterocycles. The highest BCUT2D eigenvalue weighted by Crippen LogP contribution is 2.47. The van der Waals surface area contributed by atoms with Crippen molar-refractivity contribution in [3.05, 3.63) is 30.3 Å². The second kappa shape index (κ2) is 6.48. The lowest BCUT2D eigenvalue weighted by Gasteiger charge is -2.26. The summed E-state index contributed by atoms with van der Waals surface area (Å²) in [4.78, 5) is 24.1. The molecule has 0 spiro atoms. The minimum Gasteiger partial charge on any atom is -0.355 e. The fourth-order valence-corrected chi connectivity index (χ4v) is 3.89. The largest absolute Gasteiger partial charge is 0.355 e. The topological polar surface area (TPSA) is 84.2 Å². The summed E-state index contributed by atoms with van der Waals surface area (Å²) < 4.78 is 0. The van der Waals surface area contributed by atoms with Gasteiger partial charge in [-0.1, -0.05) is 18.2 Å². The van der Waals surface area contributed by atoms with Crippen molar-refractivity contribution in [3.8, 4) is 0 Å². The normalized spacial score (nSPS) is 29.3. The number of nitrogens with one attached hydrogen (secondary N) is 2. The molecular weight excluding hydrogens is 278 g/mol. The maximum Gasteiger partial charge on any atom is 0.226 e. The van der Waals surface area contributed by atoms with Crippen molar-refractivity contribution >= 4 is 17.5 Å². The van der Waals surface area contributed by atoms with Crippen molar-refractivity contribution in [1.82, 2.24) is 5.32 Å². The van der Waals surface area contributed by atoms with Crippen LogP contribution in [-0.2, 0) is 9.59 Å². The monoisotopic (exact) mass is 301 g/mol. The molecule has 0 radical (unpaired) electrons. The number of anilines is 1. The van der Waals surface area contributed by atoms with Crippen LogP contribution in [-0.4, -0.2) is 24.4 Å². The predicted molar refractivity (Wildman–Crippen MR) is 85.0 cm³/mol. The van der Waals surface area contributed by atoms with Crippen LogP contribution in [0, 0.1) is 17.8 Å². The van der Waals surface area contributed by atoms with Gasteiger partial charge in [0.05, 0.1) is 5.92 Å². The minimum atomic E-state index is -0.0938. The summed E-state index contributed by atoms with van der Waals surface area (Å²) in [7, 11) is 0. The molecule has 1 aromatic carbocycles. The molecule has 2 bridgehead atoms. The van der Waals surface area contributed by atoms with Crippen LogP contribution < -0.4 is 16.4 Å². The molecule has 0 saturated heterocycles. The van der Waals surface area contributed by atoms with E-state index < -0.39 is 0 Å². The Morgan fingerprint density at radius 2 is 1.86 bits per heavy atom. The van der Waals surface area contributed by atoms with Gasteiger partial charge in [-0.3, -0.25) is 9.59 Å². The molecule has 2 aliphatic carbocycles. The van der Waals surface area contributed by atoms with Crippen LogP contribution >= 0.6 is 0 Å². The highest BCUT2D eigenvalue weighted by molar-refractivity contribution is 5.91. The smallest absolute Gasteiger partial charge is 0.226 e. The third-order valence-electron chi connectivity index (χ3n) is 4.99. The third kappa shape index (κ3) is 3.14. The van der Waals surface area contributed by atoms with Gasteiger partial charge in [-0.05, 0) is 43.2 Å². The number of carbonyl (C=O) groups is 2. The van der Waals surface area contributed by atoms with Crippen LogP contribution in [0.4, 0.5) is 5.69 Å². The van der Waals surface area contributed by atoms with E-state index in [4.69, 9.17) is 5.73 Å². The van der Waals surface area contributed by atoms with E-state index in [9.17, 15) is 9.59 Å². The lowest BCUT2D eigenvalue weighted by Crippen LogP contribution is -2.45. The molecule has 4 atom stereocenters. The first-order valence-corrected chi connectivity index (χ1v) is 8.03. The Morgan fingerprint density at radius 3 is 2.55 bits per heavy atom. The molecule has 118 valence electrons. The molecule has 4 unspecified atom stereocenters. The van der Waals surface area contributed by atoms with E-state index in [1.54, 1.807) is 0 Å². The van der Waals surface area contributed by atoms with Gasteiger partial charge < -0.3 is 16.4 Å². The first-order valence-electron chi connectivity index (χ1n) is 8.03. The molecule has 5 nitrogen and oxygen atoms in total. The number of carbonyl (C=O) groups excluding carboxylic acids is 2. The van der Waals surface area contributed by atoms with Gasteiger partial charge in [0.15, 0.2) is 0 Å². The van der Waals surface area contributed by atoms with E-state index >= 15 is 0 Å². The Labute approximate surface area is 130 Å². The zero-order valence-electron chi connectivity index (χ0n) is 12.6. The molecule has 2 amide bonds. The summed E-state index contributed by atoms with van der Waals surface area (Å²) >= 11 is 0. The van der Waals surface area contributed by atoms with Gasteiger partial charge in [-0.25, -0.2) is 0 Å². The minimum absolute atomic E-state index is 0.00287. The van der Waals surface area contributed by atoms with Gasteiger partial charge >= 0.3 is 0 Å². The zero-order valence-corrected chi connectivity index (χ0v) is 12.6. The van der Waals surface area contributed by atoms with Crippen LogP contribution in [0.3, 0.4) is 0 Å². The number of benzene rings is 1. The Kier molecular flexibility index (Phi) is 4.43. The molecule has 5 heteroatoms. The predicted octanol–water partition coefficient (Wildman–Crippen LogP) is 1.50. The Balaban J connectivity index is 1.41. The van der Waals surface area contributed by atoms with Crippen LogP contribution in [0.5, 0.6) is 0 Å². The van der Waals surface area contributed by atoms with E-state index in [0.29, 0.717) is 18.4 Å². The highest BCUT2D eigenvalue weighted by Gasteiger charge is 2.48. The summed E-state index contributed by atoms with van der Waals surface area (Å²) in [6.07, 6.45) is 3.64. The Hall–Kier alpha value is -1.88. The van der Waals surface area contributed by atoms with Gasteiger partial charge in [0.2, 0.25) is 11.8 Å².